The van der Waals surface area contributed by atoms with Crippen LogP contribution < -0.4 is 20.7 Å². The topological polar surface area (TPSA) is 91.9 Å². The maximum absolute atomic E-state index is 13.9. The van der Waals surface area contributed by atoms with Crippen LogP contribution in [0.5, 0.6) is 5.75 Å². The van der Waals surface area contributed by atoms with Crippen molar-refractivity contribution in [2.24, 2.45) is 5.92 Å². The maximum Gasteiger partial charge on any atom is 0.346 e. The molecule has 0 aliphatic carbocycles. The smallest absolute Gasteiger partial charge is 0.346 e. The molecule has 3 unspecified atom stereocenters. The van der Waals surface area contributed by atoms with Crippen LogP contribution in [0.25, 0.3) is 0 Å². The summed E-state index contributed by atoms with van der Waals surface area (Å²) < 4.78 is 66.6. The summed E-state index contributed by atoms with van der Waals surface area (Å²) in [6.45, 7) is -2.65. The Balaban J connectivity index is 2.04. The van der Waals surface area contributed by atoms with Crippen molar-refractivity contribution in [1.82, 2.24) is 20.3 Å². The van der Waals surface area contributed by atoms with Gasteiger partial charge in [0.25, 0.3) is 0 Å². The van der Waals surface area contributed by atoms with Gasteiger partial charge >= 0.3 is 6.61 Å². The Morgan fingerprint density at radius 2 is 1.89 bits per heavy atom. The lowest BCUT2D eigenvalue weighted by atomic mass is 9.74. The van der Waals surface area contributed by atoms with E-state index < -0.39 is 34.3 Å². The molecule has 1 aliphatic rings. The lowest BCUT2D eigenvalue weighted by molar-refractivity contribution is -0.248. The van der Waals surface area contributed by atoms with Gasteiger partial charge in [0.2, 0.25) is 10.0 Å². The lowest BCUT2D eigenvalue weighted by Gasteiger charge is -2.50. The van der Waals surface area contributed by atoms with Gasteiger partial charge in [-0.3, -0.25) is 5.32 Å². The van der Waals surface area contributed by atoms with Gasteiger partial charge in [-0.2, -0.15) is 8.78 Å². The first-order chi connectivity index (χ1) is 16.8. The van der Waals surface area contributed by atoms with Crippen molar-refractivity contribution < 1.29 is 26.7 Å². The van der Waals surface area contributed by atoms with E-state index in [1.807, 2.05) is 6.07 Å². The second-order valence-corrected chi connectivity index (χ2v) is 10.4. The van der Waals surface area contributed by atoms with Crippen LogP contribution in [0.3, 0.4) is 0 Å². The summed E-state index contributed by atoms with van der Waals surface area (Å²) in [6.07, 6.45) is -0.495. The first-order valence-corrected chi connectivity index (χ1v) is 13.0. The fourth-order valence-corrected chi connectivity index (χ4v) is 6.27. The normalized spacial score (nSPS) is 22.3. The Bertz CT molecular complexity index is 1040. The molecule has 3 rings (SSSR count). The number of hydrogen-bond acceptors (Lipinski definition) is 7. The summed E-state index contributed by atoms with van der Waals surface area (Å²) in [7, 11) is 1.24. The predicted octanol–water partition coefficient (Wildman–Crippen LogP) is 2.29. The third kappa shape index (κ3) is 6.54. The standard InChI is InChI=1S/C24H34F2N4O4S/c1-27-17-29-22(28-2)21-15-30(35(31,32)16-18-8-5-4-6-9-18)13-12-24(21,34-23(25)26)19-10-7-11-20(14-19)33-3/h4-11,14,21-23,27-29H,12-13,15-17H2,1-3H3. The van der Waals surface area contributed by atoms with Crippen molar-refractivity contribution in [1.29, 1.82) is 0 Å². The van der Waals surface area contributed by atoms with Gasteiger partial charge in [0.15, 0.2) is 0 Å². The molecule has 0 bridgehead atoms. The second-order valence-electron chi connectivity index (χ2n) is 8.46. The zero-order valence-electron chi connectivity index (χ0n) is 20.2. The van der Waals surface area contributed by atoms with Gasteiger partial charge in [-0.05, 0) is 43.8 Å². The Morgan fingerprint density at radius 3 is 2.51 bits per heavy atom. The van der Waals surface area contributed by atoms with Crippen molar-refractivity contribution in [2.45, 2.75) is 30.6 Å². The highest BCUT2D eigenvalue weighted by Gasteiger charge is 2.52. The molecular formula is C24H34F2N4O4S. The molecule has 0 radical (unpaired) electrons. The number of benzene rings is 2. The molecule has 1 aliphatic heterocycles. The average Bonchev–Trinajstić information content (AvgIpc) is 2.85. The van der Waals surface area contributed by atoms with Gasteiger partial charge in [-0.1, -0.05) is 42.5 Å². The summed E-state index contributed by atoms with van der Waals surface area (Å²) in [5.74, 6) is -0.362. The van der Waals surface area contributed by atoms with Crippen LogP contribution in [-0.2, 0) is 26.1 Å². The number of rotatable bonds is 12. The van der Waals surface area contributed by atoms with Crippen molar-refractivity contribution in [3.8, 4) is 5.75 Å². The van der Waals surface area contributed by atoms with Gasteiger partial charge in [0.05, 0.1) is 19.0 Å². The van der Waals surface area contributed by atoms with E-state index in [1.54, 1.807) is 62.6 Å². The molecule has 0 saturated carbocycles. The van der Waals surface area contributed by atoms with Crippen LogP contribution in [0.15, 0.2) is 54.6 Å². The van der Waals surface area contributed by atoms with E-state index in [-0.39, 0.29) is 25.3 Å². The maximum atomic E-state index is 13.9. The summed E-state index contributed by atoms with van der Waals surface area (Å²) in [4.78, 5) is 0. The summed E-state index contributed by atoms with van der Waals surface area (Å²) >= 11 is 0. The van der Waals surface area contributed by atoms with Crippen molar-refractivity contribution in [3.63, 3.8) is 0 Å². The van der Waals surface area contributed by atoms with Crippen molar-refractivity contribution in [3.05, 3.63) is 65.7 Å². The zero-order chi connectivity index (χ0) is 25.5. The number of ether oxygens (including phenoxy) is 2. The summed E-state index contributed by atoms with van der Waals surface area (Å²) in [5, 5.41) is 9.34. The van der Waals surface area contributed by atoms with E-state index in [1.165, 1.54) is 11.4 Å². The molecule has 194 valence electrons. The molecule has 1 saturated heterocycles. The highest BCUT2D eigenvalue weighted by Crippen LogP contribution is 2.45. The first kappa shape index (κ1) is 27.4. The van der Waals surface area contributed by atoms with E-state index in [2.05, 4.69) is 16.0 Å². The van der Waals surface area contributed by atoms with E-state index in [0.717, 1.165) is 0 Å². The number of methoxy groups -OCH3 is 1. The van der Waals surface area contributed by atoms with Gasteiger partial charge < -0.3 is 20.1 Å². The Morgan fingerprint density at radius 1 is 1.14 bits per heavy atom. The first-order valence-electron chi connectivity index (χ1n) is 11.4. The van der Waals surface area contributed by atoms with Gasteiger partial charge in [0, 0.05) is 25.7 Å². The fourth-order valence-electron chi connectivity index (χ4n) is 4.71. The highest BCUT2D eigenvalue weighted by molar-refractivity contribution is 7.88. The fraction of sp³-hybridized carbons (Fsp3) is 0.500. The van der Waals surface area contributed by atoms with Crippen LogP contribution in [0.4, 0.5) is 8.78 Å². The number of hydrogen-bond donors (Lipinski definition) is 3. The molecule has 1 heterocycles. The van der Waals surface area contributed by atoms with Gasteiger partial charge in [-0.15, -0.1) is 0 Å². The minimum atomic E-state index is -3.71. The van der Waals surface area contributed by atoms with Crippen molar-refractivity contribution in [2.75, 3.05) is 41.0 Å². The number of piperidine rings is 1. The molecule has 0 aromatic heterocycles. The number of sulfonamides is 1. The summed E-state index contributed by atoms with van der Waals surface area (Å²) in [6, 6.07) is 15.7. The lowest BCUT2D eigenvalue weighted by Crippen LogP contribution is -2.63. The van der Waals surface area contributed by atoms with Gasteiger partial charge in [0.1, 0.15) is 11.4 Å². The van der Waals surface area contributed by atoms with Crippen LogP contribution in [0, 0.1) is 5.92 Å². The predicted molar refractivity (Wildman–Crippen MR) is 130 cm³/mol. The quantitative estimate of drug-likeness (QED) is 0.376. The molecule has 2 aromatic rings. The van der Waals surface area contributed by atoms with Crippen molar-refractivity contribution >= 4 is 10.0 Å². The third-order valence-electron chi connectivity index (χ3n) is 6.39. The Hall–Kier alpha value is -2.15. The van der Waals surface area contributed by atoms with Crippen LogP contribution in [-0.4, -0.2) is 66.5 Å². The molecule has 35 heavy (non-hydrogen) atoms. The van der Waals surface area contributed by atoms with Crippen LogP contribution >= 0.6 is 0 Å². The largest absolute Gasteiger partial charge is 0.497 e. The molecule has 8 nitrogen and oxygen atoms in total. The van der Waals surface area contributed by atoms with E-state index in [9.17, 15) is 17.2 Å². The minimum absolute atomic E-state index is 0.0126. The zero-order valence-corrected chi connectivity index (χ0v) is 21.0. The Kier molecular flexibility index (Phi) is 9.56. The highest BCUT2D eigenvalue weighted by atomic mass is 32.2. The second kappa shape index (κ2) is 12.2. The molecule has 11 heteroatoms. The molecule has 3 atom stereocenters. The number of nitrogens with zero attached hydrogens (tertiary/aromatic N) is 1. The SMILES string of the molecule is CNCNC(NC)C1CN(S(=O)(=O)Cc2ccccc2)CCC1(OC(F)F)c1cccc(OC)c1. The van der Waals surface area contributed by atoms with Gasteiger partial charge in [-0.25, -0.2) is 12.7 Å². The molecule has 0 spiro atoms. The summed E-state index contributed by atoms with van der Waals surface area (Å²) in [5.41, 5.74) is -0.291. The molecular weight excluding hydrogens is 478 g/mol. The monoisotopic (exact) mass is 512 g/mol. The molecule has 0 amide bonds. The number of halogens is 2. The minimum Gasteiger partial charge on any atom is -0.497 e. The van der Waals surface area contributed by atoms with E-state index >= 15 is 0 Å². The average molecular weight is 513 g/mol. The molecule has 3 N–H and O–H groups in total. The van der Waals surface area contributed by atoms with E-state index in [0.29, 0.717) is 23.5 Å². The van der Waals surface area contributed by atoms with Crippen LogP contribution in [0.2, 0.25) is 0 Å². The van der Waals surface area contributed by atoms with Crippen LogP contribution in [0.1, 0.15) is 17.5 Å². The Labute approximate surface area is 206 Å². The van der Waals surface area contributed by atoms with E-state index in [4.69, 9.17) is 9.47 Å². The molecule has 2 aromatic carbocycles. The number of alkyl halides is 2. The molecule has 1 fully saturated rings. The third-order valence-corrected chi connectivity index (χ3v) is 8.20. The number of nitrogens with one attached hydrogen (secondary N) is 3.